The molecule has 0 unspecified atom stereocenters. The normalized spacial score (nSPS) is 11.1. The van der Waals surface area contributed by atoms with Gasteiger partial charge in [-0.3, -0.25) is 4.79 Å². The Morgan fingerprint density at radius 3 is 2.26 bits per heavy atom. The van der Waals surface area contributed by atoms with E-state index in [2.05, 4.69) is 5.32 Å². The monoisotopic (exact) mass is 263 g/mol. The molecule has 0 aliphatic heterocycles. The quantitative estimate of drug-likeness (QED) is 0.829. The van der Waals surface area contributed by atoms with Gasteiger partial charge in [0, 0.05) is 12.0 Å². The lowest BCUT2D eigenvalue weighted by atomic mass is 10.0. The number of carbonyl (C=O) groups excluding carboxylic acids is 1. The number of amides is 1. The Labute approximate surface area is 113 Å². The summed E-state index contributed by atoms with van der Waals surface area (Å²) in [5.74, 6) is -0.914. The minimum absolute atomic E-state index is 0.0224. The highest BCUT2D eigenvalue weighted by molar-refractivity contribution is 5.87. The lowest BCUT2D eigenvalue weighted by Crippen LogP contribution is -2.42. The average Bonchev–Trinajstić information content (AvgIpc) is 2.36. The first-order valence-corrected chi connectivity index (χ1v) is 6.47. The van der Waals surface area contributed by atoms with E-state index in [9.17, 15) is 9.59 Å². The van der Waals surface area contributed by atoms with Crippen molar-refractivity contribution in [3.05, 3.63) is 35.4 Å². The van der Waals surface area contributed by atoms with E-state index < -0.39 is 5.97 Å². The van der Waals surface area contributed by atoms with Crippen molar-refractivity contribution in [2.24, 2.45) is 0 Å². The molecule has 1 rings (SSSR count). The van der Waals surface area contributed by atoms with Crippen LogP contribution in [0.3, 0.4) is 0 Å². The summed E-state index contributed by atoms with van der Waals surface area (Å²) in [5, 5.41) is 11.8. The third kappa shape index (κ3) is 5.12. The Hall–Kier alpha value is -1.84. The molecule has 0 spiro atoms. The zero-order valence-electron chi connectivity index (χ0n) is 11.7. The molecule has 1 amide bonds. The van der Waals surface area contributed by atoms with Crippen molar-refractivity contribution in [3.8, 4) is 0 Å². The number of carbonyl (C=O) groups is 2. The van der Waals surface area contributed by atoms with Crippen LogP contribution in [0.5, 0.6) is 0 Å². The molecule has 0 saturated heterocycles. The average molecular weight is 263 g/mol. The smallest absolute Gasteiger partial charge is 0.335 e. The molecule has 0 aromatic heterocycles. The summed E-state index contributed by atoms with van der Waals surface area (Å²) in [4.78, 5) is 22.5. The van der Waals surface area contributed by atoms with Crippen molar-refractivity contribution in [2.75, 3.05) is 0 Å². The first-order chi connectivity index (χ1) is 8.84. The van der Waals surface area contributed by atoms with Crippen LogP contribution in [0.4, 0.5) is 0 Å². The van der Waals surface area contributed by atoms with Crippen LogP contribution < -0.4 is 5.32 Å². The molecule has 1 aromatic rings. The summed E-state index contributed by atoms with van der Waals surface area (Å²) < 4.78 is 0. The van der Waals surface area contributed by atoms with Crippen LogP contribution in [-0.4, -0.2) is 22.5 Å². The maximum absolute atomic E-state index is 11.8. The second kappa shape index (κ2) is 6.36. The van der Waals surface area contributed by atoms with Crippen molar-refractivity contribution < 1.29 is 14.7 Å². The minimum atomic E-state index is -0.936. The lowest BCUT2D eigenvalue weighted by molar-refractivity contribution is -0.122. The van der Waals surface area contributed by atoms with Gasteiger partial charge in [0.2, 0.25) is 5.91 Å². The maximum Gasteiger partial charge on any atom is 0.335 e. The molecule has 19 heavy (non-hydrogen) atoms. The number of carboxylic acid groups (broad SMARTS) is 1. The van der Waals surface area contributed by atoms with Crippen LogP contribution in [0.15, 0.2) is 24.3 Å². The summed E-state index contributed by atoms with van der Waals surface area (Å²) in [5.41, 5.74) is 1.05. The Morgan fingerprint density at radius 1 is 1.21 bits per heavy atom. The van der Waals surface area contributed by atoms with E-state index in [4.69, 9.17) is 5.11 Å². The molecular formula is C15H21NO3. The van der Waals surface area contributed by atoms with Gasteiger partial charge in [0.15, 0.2) is 0 Å². The highest BCUT2D eigenvalue weighted by atomic mass is 16.4. The van der Waals surface area contributed by atoms with Gasteiger partial charge in [0.1, 0.15) is 0 Å². The van der Waals surface area contributed by atoms with E-state index in [1.165, 1.54) is 0 Å². The predicted octanol–water partition coefficient (Wildman–Crippen LogP) is 2.62. The van der Waals surface area contributed by atoms with Crippen LogP contribution in [0.2, 0.25) is 0 Å². The van der Waals surface area contributed by atoms with Crippen LogP contribution in [0.1, 0.15) is 49.5 Å². The summed E-state index contributed by atoms with van der Waals surface area (Å²) in [6.45, 7) is 6.02. The van der Waals surface area contributed by atoms with E-state index in [-0.39, 0.29) is 17.0 Å². The molecule has 0 fully saturated rings. The van der Waals surface area contributed by atoms with Gasteiger partial charge in [-0.1, -0.05) is 19.1 Å². The van der Waals surface area contributed by atoms with Crippen molar-refractivity contribution in [1.82, 2.24) is 5.32 Å². The Morgan fingerprint density at radius 2 is 1.79 bits per heavy atom. The molecule has 1 aromatic carbocycles. The number of hydrogen-bond acceptors (Lipinski definition) is 2. The third-order valence-electron chi connectivity index (χ3n) is 3.20. The number of aromatic carboxylic acids is 1. The van der Waals surface area contributed by atoms with E-state index >= 15 is 0 Å². The van der Waals surface area contributed by atoms with Gasteiger partial charge in [-0.15, -0.1) is 0 Å². The number of benzene rings is 1. The van der Waals surface area contributed by atoms with Gasteiger partial charge in [0.05, 0.1) is 5.56 Å². The van der Waals surface area contributed by atoms with Gasteiger partial charge in [-0.25, -0.2) is 4.79 Å². The summed E-state index contributed by atoms with van der Waals surface area (Å²) in [6.07, 6.45) is 1.91. The van der Waals surface area contributed by atoms with Gasteiger partial charge in [-0.05, 0) is 44.4 Å². The molecule has 0 heterocycles. The van der Waals surface area contributed by atoms with Crippen LogP contribution in [-0.2, 0) is 11.2 Å². The molecule has 0 saturated carbocycles. The molecule has 4 heteroatoms. The molecule has 4 nitrogen and oxygen atoms in total. The number of nitrogens with one attached hydrogen (secondary N) is 1. The number of hydrogen-bond donors (Lipinski definition) is 2. The van der Waals surface area contributed by atoms with Crippen molar-refractivity contribution in [2.45, 2.75) is 45.6 Å². The number of carboxylic acids is 1. The second-order valence-electron chi connectivity index (χ2n) is 5.29. The largest absolute Gasteiger partial charge is 0.478 e. The topological polar surface area (TPSA) is 66.4 Å². The molecule has 104 valence electrons. The fraction of sp³-hybridized carbons (Fsp3) is 0.467. The van der Waals surface area contributed by atoms with Crippen molar-refractivity contribution in [1.29, 1.82) is 0 Å². The summed E-state index contributed by atoms with van der Waals surface area (Å²) in [7, 11) is 0. The molecule has 0 radical (unpaired) electrons. The fourth-order valence-corrected chi connectivity index (χ4v) is 1.60. The highest BCUT2D eigenvalue weighted by Crippen LogP contribution is 2.10. The fourth-order valence-electron chi connectivity index (χ4n) is 1.60. The van der Waals surface area contributed by atoms with E-state index in [1.54, 1.807) is 24.3 Å². The van der Waals surface area contributed by atoms with Gasteiger partial charge in [0.25, 0.3) is 0 Å². The Bertz CT molecular complexity index is 449. The zero-order valence-corrected chi connectivity index (χ0v) is 11.7. The molecule has 0 atom stereocenters. The van der Waals surface area contributed by atoms with Gasteiger partial charge < -0.3 is 10.4 Å². The van der Waals surface area contributed by atoms with E-state index in [0.717, 1.165) is 12.0 Å². The van der Waals surface area contributed by atoms with Crippen LogP contribution >= 0.6 is 0 Å². The molecule has 2 N–H and O–H groups in total. The first kappa shape index (κ1) is 15.2. The minimum Gasteiger partial charge on any atom is -0.478 e. The van der Waals surface area contributed by atoms with Gasteiger partial charge in [-0.2, -0.15) is 0 Å². The Kier molecular flexibility index (Phi) is 5.10. The molecule has 0 aliphatic rings. The SMILES string of the molecule is CCC(C)(C)NC(=O)CCc1ccc(C(=O)O)cc1. The molecular weight excluding hydrogens is 242 g/mol. The van der Waals surface area contributed by atoms with Crippen molar-refractivity contribution in [3.63, 3.8) is 0 Å². The van der Waals surface area contributed by atoms with E-state index in [0.29, 0.717) is 12.8 Å². The molecule has 0 bridgehead atoms. The van der Waals surface area contributed by atoms with Crippen molar-refractivity contribution >= 4 is 11.9 Å². The third-order valence-corrected chi connectivity index (χ3v) is 3.20. The number of rotatable bonds is 6. The standard InChI is InChI=1S/C15H21NO3/c1-4-15(2,3)16-13(17)10-7-11-5-8-12(9-6-11)14(18)19/h5-6,8-9H,4,7,10H2,1-3H3,(H,16,17)(H,18,19). The summed E-state index contributed by atoms with van der Waals surface area (Å²) in [6, 6.07) is 6.63. The summed E-state index contributed by atoms with van der Waals surface area (Å²) >= 11 is 0. The van der Waals surface area contributed by atoms with Crippen LogP contribution in [0.25, 0.3) is 0 Å². The maximum atomic E-state index is 11.8. The zero-order chi connectivity index (χ0) is 14.5. The Balaban J connectivity index is 2.48. The second-order valence-corrected chi connectivity index (χ2v) is 5.29. The van der Waals surface area contributed by atoms with E-state index in [1.807, 2.05) is 20.8 Å². The van der Waals surface area contributed by atoms with Gasteiger partial charge >= 0.3 is 5.97 Å². The first-order valence-electron chi connectivity index (χ1n) is 6.47. The number of aryl methyl sites for hydroxylation is 1. The highest BCUT2D eigenvalue weighted by Gasteiger charge is 2.17. The molecule has 0 aliphatic carbocycles. The predicted molar refractivity (Wildman–Crippen MR) is 74.2 cm³/mol. The lowest BCUT2D eigenvalue weighted by Gasteiger charge is -2.24. The van der Waals surface area contributed by atoms with Crippen LogP contribution in [0, 0.1) is 0 Å².